The number of aromatic amines is 1. The second kappa shape index (κ2) is 11.5. The van der Waals surface area contributed by atoms with Crippen LogP contribution in [0, 0.1) is 0 Å². The van der Waals surface area contributed by atoms with Crippen molar-refractivity contribution in [3.63, 3.8) is 0 Å². The molecule has 1 heterocycles. The summed E-state index contributed by atoms with van der Waals surface area (Å²) >= 11 is 0. The highest BCUT2D eigenvalue weighted by Gasteiger charge is 2.28. The molecule has 0 aliphatic heterocycles. The van der Waals surface area contributed by atoms with E-state index in [1.54, 1.807) is 0 Å². The van der Waals surface area contributed by atoms with E-state index in [1.807, 2.05) is 6.20 Å². The zero-order chi connectivity index (χ0) is 19.4. The van der Waals surface area contributed by atoms with Crippen LogP contribution in [0.15, 0.2) is 79.4 Å². The van der Waals surface area contributed by atoms with Gasteiger partial charge < -0.3 is 0 Å². The summed E-state index contributed by atoms with van der Waals surface area (Å²) in [5.41, 5.74) is 2.86. The number of imidazole rings is 1. The molecule has 0 aliphatic rings. The molecular weight excluding hydrogens is 340 g/mol. The average molecular weight is 376 g/mol. The van der Waals surface area contributed by atoms with Crippen molar-refractivity contribution in [2.45, 2.75) is 70.3 Å². The predicted molar refractivity (Wildman–Crippen MR) is 117 cm³/mol. The molecule has 1 N–H and O–H groups in total. The van der Waals surface area contributed by atoms with Gasteiger partial charge in [-0.2, -0.15) is 0 Å². The van der Waals surface area contributed by atoms with E-state index in [2.05, 4.69) is 89.7 Å². The SMILES string of the molecule is CCCCCCCCC(C(Cc1ccccc1)c1ccccc1)[n+]1cc[nH]c1. The minimum absolute atomic E-state index is 0.472. The molecule has 0 radical (unpaired) electrons. The quantitative estimate of drug-likeness (QED) is 0.271. The molecule has 0 amide bonds. The summed E-state index contributed by atoms with van der Waals surface area (Å²) in [4.78, 5) is 3.26. The molecule has 0 saturated heterocycles. The average Bonchev–Trinajstić information content (AvgIpc) is 3.28. The van der Waals surface area contributed by atoms with E-state index in [1.165, 1.54) is 56.1 Å². The van der Waals surface area contributed by atoms with Crippen molar-refractivity contribution >= 4 is 0 Å². The van der Waals surface area contributed by atoms with Crippen LogP contribution in [0.4, 0.5) is 0 Å². The normalized spacial score (nSPS) is 13.3. The Morgan fingerprint density at radius 1 is 0.821 bits per heavy atom. The van der Waals surface area contributed by atoms with Gasteiger partial charge in [0.1, 0.15) is 18.4 Å². The van der Waals surface area contributed by atoms with E-state index in [0.29, 0.717) is 12.0 Å². The topological polar surface area (TPSA) is 19.7 Å². The van der Waals surface area contributed by atoms with Crippen LogP contribution in [0.3, 0.4) is 0 Å². The highest BCUT2D eigenvalue weighted by Crippen LogP contribution is 2.32. The zero-order valence-electron chi connectivity index (χ0n) is 17.3. The molecule has 2 heteroatoms. The van der Waals surface area contributed by atoms with Crippen LogP contribution >= 0.6 is 0 Å². The van der Waals surface area contributed by atoms with E-state index < -0.39 is 0 Å². The van der Waals surface area contributed by atoms with Gasteiger partial charge in [-0.05, 0) is 30.4 Å². The Morgan fingerprint density at radius 2 is 1.50 bits per heavy atom. The van der Waals surface area contributed by atoms with Crippen LogP contribution in [0.2, 0.25) is 0 Å². The van der Waals surface area contributed by atoms with Crippen molar-refractivity contribution in [2.75, 3.05) is 0 Å². The van der Waals surface area contributed by atoms with Crippen LogP contribution in [0.25, 0.3) is 0 Å². The van der Waals surface area contributed by atoms with Crippen molar-refractivity contribution in [3.05, 3.63) is 90.5 Å². The lowest BCUT2D eigenvalue weighted by atomic mass is 9.83. The van der Waals surface area contributed by atoms with Gasteiger partial charge in [0.05, 0.1) is 0 Å². The molecule has 148 valence electrons. The van der Waals surface area contributed by atoms with E-state index in [9.17, 15) is 0 Å². The number of benzene rings is 2. The summed E-state index contributed by atoms with van der Waals surface area (Å²) in [5, 5.41) is 0. The van der Waals surface area contributed by atoms with Crippen LogP contribution in [0.1, 0.15) is 75.0 Å². The molecular formula is C26H35N2+. The first kappa shape index (κ1) is 20.4. The van der Waals surface area contributed by atoms with Gasteiger partial charge in [0.25, 0.3) is 0 Å². The Balaban J connectivity index is 1.77. The standard InChI is InChI=1S/C26H34N2/c1-2-3-4-5-6-13-18-26(28-20-19-27-22-28)25(24-16-11-8-12-17-24)21-23-14-9-7-10-15-23/h7-12,14-17,19-20,22,25-26H,2-6,13,18,21H2,1H3/p+1. The zero-order valence-corrected chi connectivity index (χ0v) is 17.3. The number of hydrogen-bond acceptors (Lipinski definition) is 0. The molecule has 0 saturated carbocycles. The molecule has 3 rings (SSSR count). The van der Waals surface area contributed by atoms with Crippen molar-refractivity contribution in [1.29, 1.82) is 0 Å². The smallest absolute Gasteiger partial charge is 0.241 e. The molecule has 28 heavy (non-hydrogen) atoms. The van der Waals surface area contributed by atoms with Gasteiger partial charge in [-0.15, -0.1) is 0 Å². The Hall–Kier alpha value is -2.35. The first-order valence-corrected chi connectivity index (χ1v) is 11.0. The fraction of sp³-hybridized carbons (Fsp3) is 0.423. The van der Waals surface area contributed by atoms with Gasteiger partial charge in [0.2, 0.25) is 6.33 Å². The maximum Gasteiger partial charge on any atom is 0.241 e. The fourth-order valence-electron chi connectivity index (χ4n) is 4.24. The minimum Gasteiger partial charge on any atom is -0.250 e. The van der Waals surface area contributed by atoms with Gasteiger partial charge in [0, 0.05) is 5.92 Å². The lowest BCUT2D eigenvalue weighted by Crippen LogP contribution is -2.41. The lowest BCUT2D eigenvalue weighted by Gasteiger charge is -2.26. The number of H-pyrrole nitrogens is 1. The van der Waals surface area contributed by atoms with Crippen LogP contribution in [0.5, 0.6) is 0 Å². The van der Waals surface area contributed by atoms with Crippen molar-refractivity contribution in [2.24, 2.45) is 0 Å². The Bertz CT molecular complexity index is 750. The van der Waals surface area contributed by atoms with Crippen molar-refractivity contribution in [3.8, 4) is 0 Å². The summed E-state index contributed by atoms with van der Waals surface area (Å²) in [6, 6.07) is 22.5. The second-order valence-corrected chi connectivity index (χ2v) is 7.89. The Morgan fingerprint density at radius 3 is 2.18 bits per heavy atom. The van der Waals surface area contributed by atoms with E-state index in [-0.39, 0.29) is 0 Å². The number of aromatic nitrogens is 2. The second-order valence-electron chi connectivity index (χ2n) is 7.89. The minimum atomic E-state index is 0.472. The van der Waals surface area contributed by atoms with Gasteiger partial charge in [-0.25, -0.2) is 4.57 Å². The molecule has 3 aromatic rings. The molecule has 2 atom stereocenters. The highest BCUT2D eigenvalue weighted by molar-refractivity contribution is 5.25. The maximum atomic E-state index is 3.26. The largest absolute Gasteiger partial charge is 0.250 e. The van der Waals surface area contributed by atoms with E-state index >= 15 is 0 Å². The highest BCUT2D eigenvalue weighted by atomic mass is 15.1. The molecule has 0 bridgehead atoms. The maximum absolute atomic E-state index is 3.26. The molecule has 2 unspecified atom stereocenters. The number of nitrogens with zero attached hydrogens (tertiary/aromatic N) is 1. The Labute approximate surface area is 170 Å². The van der Waals surface area contributed by atoms with Gasteiger partial charge >= 0.3 is 0 Å². The Kier molecular flexibility index (Phi) is 8.36. The van der Waals surface area contributed by atoms with Gasteiger partial charge in [0.15, 0.2) is 0 Å². The summed E-state index contributed by atoms with van der Waals surface area (Å²) in [5.74, 6) is 0.472. The summed E-state index contributed by atoms with van der Waals surface area (Å²) in [6.07, 6.45) is 16.7. The van der Waals surface area contributed by atoms with Crippen LogP contribution < -0.4 is 4.57 Å². The van der Waals surface area contributed by atoms with E-state index in [4.69, 9.17) is 0 Å². The van der Waals surface area contributed by atoms with Crippen LogP contribution in [-0.4, -0.2) is 4.98 Å². The van der Waals surface area contributed by atoms with Gasteiger partial charge in [-0.3, -0.25) is 4.98 Å². The van der Waals surface area contributed by atoms with E-state index in [0.717, 1.165) is 6.42 Å². The third-order valence-corrected chi connectivity index (χ3v) is 5.79. The van der Waals surface area contributed by atoms with Crippen molar-refractivity contribution < 1.29 is 4.57 Å². The number of unbranched alkanes of at least 4 members (excludes halogenated alkanes) is 5. The molecule has 2 nitrogen and oxygen atoms in total. The van der Waals surface area contributed by atoms with Crippen LogP contribution in [-0.2, 0) is 6.42 Å². The molecule has 0 fully saturated rings. The predicted octanol–water partition coefficient (Wildman–Crippen LogP) is 6.62. The summed E-state index contributed by atoms with van der Waals surface area (Å²) in [7, 11) is 0. The third kappa shape index (κ3) is 6.09. The number of rotatable bonds is 12. The van der Waals surface area contributed by atoms with Crippen molar-refractivity contribution in [1.82, 2.24) is 4.98 Å². The monoisotopic (exact) mass is 375 g/mol. The first-order chi connectivity index (χ1) is 13.9. The lowest BCUT2D eigenvalue weighted by molar-refractivity contribution is -0.725. The first-order valence-electron chi connectivity index (χ1n) is 11.0. The summed E-state index contributed by atoms with van der Waals surface area (Å²) in [6.45, 7) is 2.28. The molecule has 1 aromatic heterocycles. The van der Waals surface area contributed by atoms with Gasteiger partial charge in [-0.1, -0.05) is 99.7 Å². The molecule has 0 spiro atoms. The number of hydrogen-bond donors (Lipinski definition) is 1. The summed E-state index contributed by atoms with van der Waals surface area (Å²) < 4.78 is 2.40. The molecule has 0 aliphatic carbocycles. The number of nitrogens with one attached hydrogen (secondary N) is 1. The molecule has 2 aromatic carbocycles. The third-order valence-electron chi connectivity index (χ3n) is 5.79. The fourth-order valence-corrected chi connectivity index (χ4v) is 4.24.